The van der Waals surface area contributed by atoms with Crippen molar-refractivity contribution in [3.05, 3.63) is 120 Å². The van der Waals surface area contributed by atoms with E-state index in [2.05, 4.69) is 84.7 Å². The van der Waals surface area contributed by atoms with Gasteiger partial charge in [0.25, 0.3) is 0 Å². The van der Waals surface area contributed by atoms with Gasteiger partial charge >= 0.3 is 12.1 Å². The van der Waals surface area contributed by atoms with E-state index in [1.165, 1.54) is 18.2 Å². The first-order valence-electron chi connectivity index (χ1n) is 21.6. The highest BCUT2D eigenvalue weighted by Gasteiger charge is 2.44. The lowest BCUT2D eigenvalue weighted by Crippen LogP contribution is -2.52. The van der Waals surface area contributed by atoms with Crippen molar-refractivity contribution < 1.29 is 19.1 Å². The number of ether oxygens (including phenoxy) is 2. The molecule has 0 spiro atoms. The number of nitrogens with one attached hydrogen (secondary N) is 2. The van der Waals surface area contributed by atoms with Gasteiger partial charge in [0, 0.05) is 37.3 Å². The van der Waals surface area contributed by atoms with Crippen molar-refractivity contribution >= 4 is 29.0 Å². The number of benzene rings is 3. The van der Waals surface area contributed by atoms with Crippen LogP contribution in [0.1, 0.15) is 76.0 Å². The molecule has 61 heavy (non-hydrogen) atoms. The zero-order valence-electron chi connectivity index (χ0n) is 36.4. The number of nitrogens with zero attached hydrogens (tertiary/aromatic N) is 5. The van der Waals surface area contributed by atoms with E-state index in [9.17, 15) is 9.59 Å². The number of amides is 1. The molecule has 13 nitrogen and oxygen atoms in total. The Balaban J connectivity index is 0.000000158. The minimum Gasteiger partial charge on any atom is -0.469 e. The topological polar surface area (TPSA) is 178 Å². The molecule has 13 heteroatoms. The quantitative estimate of drug-likeness (QED) is 0.124. The second kappa shape index (κ2) is 20.5. The van der Waals surface area contributed by atoms with Gasteiger partial charge in [-0.3, -0.25) is 4.79 Å². The molecule has 0 bridgehead atoms. The maximum atomic E-state index is 12.4. The van der Waals surface area contributed by atoms with Gasteiger partial charge in [0.05, 0.1) is 18.9 Å². The van der Waals surface area contributed by atoms with Crippen molar-refractivity contribution in [2.45, 2.75) is 95.2 Å². The summed E-state index contributed by atoms with van der Waals surface area (Å²) in [6, 6.07) is 31.0. The van der Waals surface area contributed by atoms with E-state index in [0.29, 0.717) is 38.0 Å². The van der Waals surface area contributed by atoms with Crippen molar-refractivity contribution in [1.29, 1.82) is 0 Å². The number of hydrogen-bond acceptors (Lipinski definition) is 11. The van der Waals surface area contributed by atoms with Gasteiger partial charge in [-0.05, 0) is 108 Å². The number of aromatic nitrogens is 4. The third-order valence-corrected chi connectivity index (χ3v) is 12.0. The van der Waals surface area contributed by atoms with Crippen LogP contribution < -0.4 is 21.7 Å². The zero-order chi connectivity index (χ0) is 43.4. The summed E-state index contributed by atoms with van der Waals surface area (Å²) in [6.07, 6.45) is 10.7. The number of hydrogen-bond donors (Lipinski definition) is 4. The number of nitrogens with two attached hydrogens (primary N) is 2. The number of carbonyl (C=O) groups is 2. The second-order valence-electron chi connectivity index (χ2n) is 18.0. The van der Waals surface area contributed by atoms with Crippen LogP contribution >= 0.6 is 0 Å². The Kier molecular flexibility index (Phi) is 15.1. The molecular formula is C48H65N9O4. The van der Waals surface area contributed by atoms with Crippen LogP contribution in [0.5, 0.6) is 0 Å². The molecule has 3 aliphatic rings. The molecule has 2 aromatic heterocycles. The van der Waals surface area contributed by atoms with Crippen molar-refractivity contribution in [2.24, 2.45) is 16.9 Å². The summed E-state index contributed by atoms with van der Waals surface area (Å²) in [5, 5.41) is 3.35. The standard InChI is InChI=1S/C19H27NO4.C17H20N6.C12H18N2/c1-18(2,3)24-17(22)20-12-10-19(11-13-20,16(21)23-4)14-15-8-6-5-7-9-15;18-17(10-13-4-2-1-3-5-13)6-8-23(9-7-17)16-14-15(20-11-19-14)21-12-22-16;13-12(6-8-14-9-7-12)10-11-4-2-1-3-5-11/h5-9H,10-14H2,1-4H3;1-5,11-12H,6-10,18H2,(H,19,20,21,22);1-5,14H,6-10,13H2. The lowest BCUT2D eigenvalue weighted by molar-refractivity contribution is -0.155. The Hall–Kier alpha value is -5.37. The van der Waals surface area contributed by atoms with Crippen LogP contribution in [-0.4, -0.2) is 100.0 Å². The number of likely N-dealkylation sites (tertiary alicyclic amines) is 1. The summed E-state index contributed by atoms with van der Waals surface area (Å²) in [6.45, 7) is 10.5. The number of rotatable bonds is 8. The number of fused-ring (bicyclic) bond motifs is 1. The van der Waals surface area contributed by atoms with Crippen LogP contribution in [0.25, 0.3) is 11.2 Å². The van der Waals surface area contributed by atoms with Crippen molar-refractivity contribution in [3.63, 3.8) is 0 Å². The molecule has 3 fully saturated rings. The zero-order valence-corrected chi connectivity index (χ0v) is 36.4. The van der Waals surface area contributed by atoms with E-state index >= 15 is 0 Å². The van der Waals surface area contributed by atoms with Crippen LogP contribution in [0.2, 0.25) is 0 Å². The molecule has 3 aliphatic heterocycles. The normalized spacial score (nSPS) is 18.1. The molecule has 3 saturated heterocycles. The Morgan fingerprint density at radius 3 is 1.70 bits per heavy atom. The number of H-pyrrole nitrogens is 1. The van der Waals surface area contributed by atoms with Gasteiger partial charge in [-0.1, -0.05) is 91.0 Å². The predicted octanol–water partition coefficient (Wildman–Crippen LogP) is 6.62. The molecular weight excluding hydrogens is 767 g/mol. The monoisotopic (exact) mass is 832 g/mol. The first-order valence-corrected chi connectivity index (χ1v) is 21.6. The molecule has 0 atom stereocenters. The molecule has 5 aromatic rings. The highest BCUT2D eigenvalue weighted by Crippen LogP contribution is 2.37. The van der Waals surface area contributed by atoms with E-state index in [4.69, 9.17) is 20.9 Å². The van der Waals surface area contributed by atoms with Gasteiger partial charge in [0.15, 0.2) is 11.5 Å². The number of imidazole rings is 1. The molecule has 1 amide bonds. The Morgan fingerprint density at radius 1 is 0.689 bits per heavy atom. The van der Waals surface area contributed by atoms with Gasteiger partial charge in [-0.25, -0.2) is 19.7 Å². The summed E-state index contributed by atoms with van der Waals surface area (Å²) >= 11 is 0. The van der Waals surface area contributed by atoms with Crippen LogP contribution in [0.15, 0.2) is 104 Å². The largest absolute Gasteiger partial charge is 0.469 e. The van der Waals surface area contributed by atoms with E-state index in [1.807, 2.05) is 57.2 Å². The fourth-order valence-corrected chi connectivity index (χ4v) is 8.54. The van der Waals surface area contributed by atoms with Crippen LogP contribution in [-0.2, 0) is 33.5 Å². The maximum Gasteiger partial charge on any atom is 0.410 e. The number of aromatic amines is 1. The van der Waals surface area contributed by atoms with Gasteiger partial charge in [0.2, 0.25) is 0 Å². The van der Waals surface area contributed by atoms with Crippen LogP contribution in [0.4, 0.5) is 10.6 Å². The highest BCUT2D eigenvalue weighted by molar-refractivity contribution is 5.82. The number of carbonyl (C=O) groups excluding carboxylic acids is 2. The maximum absolute atomic E-state index is 12.4. The summed E-state index contributed by atoms with van der Waals surface area (Å²) in [7, 11) is 1.43. The highest BCUT2D eigenvalue weighted by atomic mass is 16.6. The molecule has 326 valence electrons. The van der Waals surface area contributed by atoms with Gasteiger partial charge in [0.1, 0.15) is 17.4 Å². The SMILES string of the molecule is COC(=O)C1(Cc2ccccc2)CCN(C(=O)OC(C)(C)C)CC1.NC1(Cc2ccccc2)CCN(c2ncnc3nc[nH]c23)CC1.NC1(Cc2ccccc2)CCNCC1. The van der Waals surface area contributed by atoms with Crippen molar-refractivity contribution in [1.82, 2.24) is 30.2 Å². The minimum atomic E-state index is -0.575. The summed E-state index contributed by atoms with van der Waals surface area (Å²) in [4.78, 5) is 44.6. The number of methoxy groups -OCH3 is 1. The van der Waals surface area contributed by atoms with E-state index in [0.717, 1.165) is 81.6 Å². The Labute approximate surface area is 361 Å². The molecule has 5 heterocycles. The van der Waals surface area contributed by atoms with Gasteiger partial charge in [-0.15, -0.1) is 0 Å². The van der Waals surface area contributed by atoms with E-state index < -0.39 is 11.0 Å². The smallest absolute Gasteiger partial charge is 0.410 e. The third kappa shape index (κ3) is 12.8. The van der Waals surface area contributed by atoms with E-state index in [-0.39, 0.29) is 23.1 Å². The second-order valence-corrected chi connectivity index (χ2v) is 18.0. The number of esters is 1. The summed E-state index contributed by atoms with van der Waals surface area (Å²) < 4.78 is 10.5. The average molecular weight is 832 g/mol. The summed E-state index contributed by atoms with van der Waals surface area (Å²) in [5.41, 5.74) is 17.2. The fraction of sp³-hybridized carbons (Fsp3) is 0.479. The molecule has 0 radical (unpaired) electrons. The predicted molar refractivity (Wildman–Crippen MR) is 241 cm³/mol. The first kappa shape index (κ1) is 45.2. The average Bonchev–Trinajstić information content (AvgIpc) is 3.75. The Bertz CT molecular complexity index is 2100. The van der Waals surface area contributed by atoms with E-state index in [1.54, 1.807) is 17.6 Å². The third-order valence-electron chi connectivity index (χ3n) is 12.0. The molecule has 8 rings (SSSR count). The number of piperidine rings is 3. The van der Waals surface area contributed by atoms with Crippen molar-refractivity contribution in [3.8, 4) is 0 Å². The fourth-order valence-electron chi connectivity index (χ4n) is 8.54. The summed E-state index contributed by atoms with van der Waals surface area (Å²) in [5.74, 6) is 0.726. The molecule has 0 saturated carbocycles. The van der Waals surface area contributed by atoms with Crippen molar-refractivity contribution in [2.75, 3.05) is 51.3 Å². The van der Waals surface area contributed by atoms with Gasteiger partial charge in [-0.2, -0.15) is 0 Å². The Morgan fingerprint density at radius 2 is 1.20 bits per heavy atom. The minimum absolute atomic E-state index is 0.0204. The molecule has 6 N–H and O–H groups in total. The van der Waals surface area contributed by atoms with Gasteiger partial charge < -0.3 is 41.0 Å². The number of anilines is 1. The molecule has 3 aromatic carbocycles. The first-order chi connectivity index (χ1) is 29.3. The molecule has 0 aliphatic carbocycles. The van der Waals surface area contributed by atoms with Crippen LogP contribution in [0.3, 0.4) is 0 Å². The molecule has 0 unspecified atom stereocenters. The lowest BCUT2D eigenvalue weighted by atomic mass is 9.74. The van der Waals surface area contributed by atoms with Crippen LogP contribution in [0, 0.1) is 5.41 Å². The lowest BCUT2D eigenvalue weighted by Gasteiger charge is -2.40.